The third-order valence-electron chi connectivity index (χ3n) is 4.64. The van der Waals surface area contributed by atoms with Crippen molar-refractivity contribution in [2.75, 3.05) is 20.1 Å². The number of nitrogens with one attached hydrogen (secondary N) is 1. The average Bonchev–Trinajstić information content (AvgIpc) is 2.30. The van der Waals surface area contributed by atoms with Crippen LogP contribution in [0.5, 0.6) is 0 Å². The zero-order chi connectivity index (χ0) is 12.8. The Labute approximate surface area is 108 Å². The van der Waals surface area contributed by atoms with Gasteiger partial charge in [-0.15, -0.1) is 0 Å². The van der Waals surface area contributed by atoms with Gasteiger partial charge < -0.3 is 10.2 Å². The average molecular weight is 240 g/mol. The quantitative estimate of drug-likeness (QED) is 0.767. The van der Waals surface area contributed by atoms with Crippen molar-refractivity contribution in [3.8, 4) is 0 Å². The summed E-state index contributed by atoms with van der Waals surface area (Å²) in [5, 5.41) is 3.75. The zero-order valence-corrected chi connectivity index (χ0v) is 12.5. The van der Waals surface area contributed by atoms with E-state index < -0.39 is 0 Å². The van der Waals surface area contributed by atoms with Crippen LogP contribution in [-0.4, -0.2) is 37.1 Å². The van der Waals surface area contributed by atoms with Crippen molar-refractivity contribution in [2.45, 2.75) is 65.5 Å². The molecule has 0 radical (unpaired) electrons. The topological polar surface area (TPSA) is 15.3 Å². The smallest absolute Gasteiger partial charge is 0.0107 e. The maximum absolute atomic E-state index is 3.75. The van der Waals surface area contributed by atoms with E-state index in [1.165, 1.54) is 32.2 Å². The second-order valence-electron chi connectivity index (χ2n) is 6.29. The van der Waals surface area contributed by atoms with Gasteiger partial charge in [0, 0.05) is 25.2 Å². The maximum Gasteiger partial charge on any atom is 0.0107 e. The van der Waals surface area contributed by atoms with Crippen LogP contribution >= 0.6 is 0 Å². The molecule has 0 saturated heterocycles. The van der Waals surface area contributed by atoms with Gasteiger partial charge in [-0.3, -0.25) is 0 Å². The lowest BCUT2D eigenvalue weighted by Gasteiger charge is -2.32. The van der Waals surface area contributed by atoms with Crippen LogP contribution in [-0.2, 0) is 0 Å². The molecule has 0 aromatic heterocycles. The molecule has 102 valence electrons. The van der Waals surface area contributed by atoms with Gasteiger partial charge in [0.1, 0.15) is 0 Å². The molecule has 3 atom stereocenters. The summed E-state index contributed by atoms with van der Waals surface area (Å²) in [5.74, 6) is 1.62. The molecule has 0 spiro atoms. The minimum absolute atomic E-state index is 0.681. The van der Waals surface area contributed by atoms with E-state index in [1.807, 2.05) is 0 Å². The number of hydrogen-bond acceptors (Lipinski definition) is 2. The molecule has 17 heavy (non-hydrogen) atoms. The summed E-state index contributed by atoms with van der Waals surface area (Å²) in [6.07, 6.45) is 5.64. The van der Waals surface area contributed by atoms with Crippen LogP contribution in [0.15, 0.2) is 0 Å². The summed E-state index contributed by atoms with van der Waals surface area (Å²) in [6.45, 7) is 11.6. The Morgan fingerprint density at radius 2 is 1.82 bits per heavy atom. The Morgan fingerprint density at radius 3 is 2.41 bits per heavy atom. The van der Waals surface area contributed by atoms with Crippen LogP contribution in [0.1, 0.15) is 53.4 Å². The highest BCUT2D eigenvalue weighted by molar-refractivity contribution is 4.78. The normalized spacial score (nSPS) is 27.7. The molecule has 0 amide bonds. The first kappa shape index (κ1) is 15.0. The minimum atomic E-state index is 0.681. The zero-order valence-electron chi connectivity index (χ0n) is 12.5. The van der Waals surface area contributed by atoms with Gasteiger partial charge in [0.25, 0.3) is 0 Å². The summed E-state index contributed by atoms with van der Waals surface area (Å²) in [6, 6.07) is 1.45. The Balaban J connectivity index is 2.18. The first-order valence-electron chi connectivity index (χ1n) is 7.46. The number of hydrogen-bond donors (Lipinski definition) is 1. The fraction of sp³-hybridized carbons (Fsp3) is 1.00. The Hall–Kier alpha value is -0.0800. The molecular weight excluding hydrogens is 208 g/mol. The van der Waals surface area contributed by atoms with Crippen molar-refractivity contribution in [1.29, 1.82) is 0 Å². The summed E-state index contributed by atoms with van der Waals surface area (Å²) in [5.41, 5.74) is 0. The second kappa shape index (κ2) is 7.38. The summed E-state index contributed by atoms with van der Waals surface area (Å²) < 4.78 is 0. The van der Waals surface area contributed by atoms with Gasteiger partial charge >= 0.3 is 0 Å². The van der Waals surface area contributed by atoms with Crippen molar-refractivity contribution in [3.63, 3.8) is 0 Å². The van der Waals surface area contributed by atoms with Crippen LogP contribution in [0.4, 0.5) is 0 Å². The van der Waals surface area contributed by atoms with Gasteiger partial charge in [0.2, 0.25) is 0 Å². The fourth-order valence-electron chi connectivity index (χ4n) is 2.76. The Kier molecular flexibility index (Phi) is 6.50. The summed E-state index contributed by atoms with van der Waals surface area (Å²) in [4.78, 5) is 2.48. The van der Waals surface area contributed by atoms with E-state index in [9.17, 15) is 0 Å². The molecule has 3 unspecified atom stereocenters. The van der Waals surface area contributed by atoms with Crippen LogP contribution in [0.2, 0.25) is 0 Å². The third kappa shape index (κ3) is 4.97. The van der Waals surface area contributed by atoms with Crippen LogP contribution < -0.4 is 5.32 Å². The lowest BCUT2D eigenvalue weighted by Crippen LogP contribution is -2.43. The lowest BCUT2D eigenvalue weighted by molar-refractivity contribution is 0.197. The van der Waals surface area contributed by atoms with Gasteiger partial charge in [-0.2, -0.15) is 0 Å². The van der Waals surface area contributed by atoms with E-state index in [-0.39, 0.29) is 0 Å². The standard InChI is InChI=1S/C15H32N2/c1-12(2)14(4)17(5)11-10-16-15-9-7-6-8-13(15)3/h12-16H,6-11H2,1-5H3. The molecule has 1 saturated carbocycles. The first-order valence-corrected chi connectivity index (χ1v) is 7.46. The summed E-state index contributed by atoms with van der Waals surface area (Å²) in [7, 11) is 2.25. The van der Waals surface area contributed by atoms with E-state index in [4.69, 9.17) is 0 Å². The van der Waals surface area contributed by atoms with Crippen molar-refractivity contribution in [3.05, 3.63) is 0 Å². The lowest BCUT2D eigenvalue weighted by atomic mass is 9.86. The van der Waals surface area contributed by atoms with Crippen molar-refractivity contribution < 1.29 is 0 Å². The van der Waals surface area contributed by atoms with E-state index in [1.54, 1.807) is 0 Å². The predicted molar refractivity (Wildman–Crippen MR) is 76.4 cm³/mol. The van der Waals surface area contributed by atoms with Gasteiger partial charge in [-0.1, -0.05) is 33.6 Å². The molecule has 1 N–H and O–H groups in total. The third-order valence-corrected chi connectivity index (χ3v) is 4.64. The van der Waals surface area contributed by atoms with Gasteiger partial charge in [0.05, 0.1) is 0 Å². The van der Waals surface area contributed by atoms with Gasteiger partial charge in [-0.25, -0.2) is 0 Å². The molecule has 1 rings (SSSR count). The number of likely N-dealkylation sites (N-methyl/N-ethyl adjacent to an activating group) is 1. The molecule has 2 nitrogen and oxygen atoms in total. The van der Waals surface area contributed by atoms with Crippen LogP contribution in [0.25, 0.3) is 0 Å². The Bertz CT molecular complexity index is 203. The SMILES string of the molecule is CC(C)C(C)N(C)CCNC1CCCCC1C. The maximum atomic E-state index is 3.75. The predicted octanol–water partition coefficient (Wildman–Crippen LogP) is 3.13. The van der Waals surface area contributed by atoms with Crippen LogP contribution in [0, 0.1) is 11.8 Å². The number of rotatable bonds is 6. The molecular formula is C15H32N2. The van der Waals surface area contributed by atoms with Crippen LogP contribution in [0.3, 0.4) is 0 Å². The number of nitrogens with zero attached hydrogens (tertiary/aromatic N) is 1. The molecule has 0 heterocycles. The summed E-state index contributed by atoms with van der Waals surface area (Å²) >= 11 is 0. The molecule has 0 bridgehead atoms. The second-order valence-corrected chi connectivity index (χ2v) is 6.29. The molecule has 1 fully saturated rings. The minimum Gasteiger partial charge on any atom is -0.312 e. The fourth-order valence-corrected chi connectivity index (χ4v) is 2.76. The largest absolute Gasteiger partial charge is 0.312 e. The van der Waals surface area contributed by atoms with Crippen molar-refractivity contribution in [1.82, 2.24) is 10.2 Å². The Morgan fingerprint density at radius 1 is 1.18 bits per heavy atom. The first-order chi connectivity index (χ1) is 8.02. The van der Waals surface area contributed by atoms with Gasteiger partial charge in [-0.05, 0) is 38.6 Å². The highest BCUT2D eigenvalue weighted by Gasteiger charge is 2.20. The van der Waals surface area contributed by atoms with Crippen molar-refractivity contribution >= 4 is 0 Å². The highest BCUT2D eigenvalue weighted by atomic mass is 15.1. The van der Waals surface area contributed by atoms with E-state index >= 15 is 0 Å². The molecule has 0 aromatic rings. The monoisotopic (exact) mass is 240 g/mol. The molecule has 0 aliphatic heterocycles. The van der Waals surface area contributed by atoms with E-state index in [0.29, 0.717) is 6.04 Å². The molecule has 1 aliphatic rings. The molecule has 2 heteroatoms. The van der Waals surface area contributed by atoms with Gasteiger partial charge in [0.15, 0.2) is 0 Å². The molecule has 0 aromatic carbocycles. The molecule has 1 aliphatic carbocycles. The van der Waals surface area contributed by atoms with Crippen molar-refractivity contribution in [2.24, 2.45) is 11.8 Å². The van der Waals surface area contributed by atoms with E-state index in [2.05, 4.69) is 45.0 Å². The van der Waals surface area contributed by atoms with E-state index in [0.717, 1.165) is 24.4 Å². The highest BCUT2D eigenvalue weighted by Crippen LogP contribution is 2.23.